The Kier molecular flexibility index (Phi) is 5.52. The molecule has 2 aromatic rings. The van der Waals surface area contributed by atoms with Gasteiger partial charge >= 0.3 is 12.1 Å². The van der Waals surface area contributed by atoms with Crippen molar-refractivity contribution in [2.75, 3.05) is 13.2 Å². The first-order chi connectivity index (χ1) is 11.8. The minimum atomic E-state index is -4.47. The van der Waals surface area contributed by atoms with Crippen LogP contribution in [0.4, 0.5) is 13.2 Å². The number of nitrogens with zero attached hydrogens (tertiary/aromatic N) is 4. The van der Waals surface area contributed by atoms with Crippen LogP contribution in [0.25, 0.3) is 0 Å². The van der Waals surface area contributed by atoms with Gasteiger partial charge in [0.25, 0.3) is 0 Å². The molecular formula is C13H12F3N5O4. The minimum absolute atomic E-state index is 0.00961. The number of carbonyl (C=O) groups is 2. The lowest BCUT2D eigenvalue weighted by Gasteiger charge is -2.09. The SMILES string of the molecule is O=C(Cn1cc(C(=O)O)nn1)NCCOc1ccc(C(F)(F)F)cn1. The van der Waals surface area contributed by atoms with Crippen LogP contribution in [0.15, 0.2) is 24.5 Å². The number of alkyl halides is 3. The maximum atomic E-state index is 12.4. The molecule has 0 aliphatic heterocycles. The van der Waals surface area contributed by atoms with Gasteiger partial charge in [0.1, 0.15) is 13.2 Å². The number of rotatable bonds is 7. The normalized spacial score (nSPS) is 11.2. The second-order valence-corrected chi connectivity index (χ2v) is 4.69. The van der Waals surface area contributed by atoms with Crippen LogP contribution in [-0.2, 0) is 17.5 Å². The van der Waals surface area contributed by atoms with Crippen molar-refractivity contribution < 1.29 is 32.6 Å². The average molecular weight is 359 g/mol. The van der Waals surface area contributed by atoms with Gasteiger partial charge in [-0.15, -0.1) is 5.10 Å². The van der Waals surface area contributed by atoms with Gasteiger partial charge in [0.05, 0.1) is 18.3 Å². The molecule has 0 radical (unpaired) electrons. The molecule has 25 heavy (non-hydrogen) atoms. The van der Waals surface area contributed by atoms with E-state index in [-0.39, 0.29) is 31.3 Å². The van der Waals surface area contributed by atoms with Crippen LogP contribution < -0.4 is 10.1 Å². The standard InChI is InChI=1S/C13H12F3N5O4/c14-13(15,16)8-1-2-11(18-5-8)25-4-3-17-10(22)7-21-6-9(12(23)24)19-20-21/h1-2,5-6H,3-4,7H2,(H,17,22)(H,23,24). The molecular weight excluding hydrogens is 347 g/mol. The van der Waals surface area contributed by atoms with Gasteiger partial charge in [-0.3, -0.25) is 4.79 Å². The molecule has 0 aliphatic carbocycles. The molecule has 12 heteroatoms. The predicted octanol–water partition coefficient (Wildman–Crippen LogP) is 0.585. The zero-order valence-electron chi connectivity index (χ0n) is 12.5. The summed E-state index contributed by atoms with van der Waals surface area (Å²) in [5.74, 6) is -1.74. The monoisotopic (exact) mass is 359 g/mol. The summed E-state index contributed by atoms with van der Waals surface area (Å²) < 4.78 is 43.3. The van der Waals surface area contributed by atoms with Crippen molar-refractivity contribution in [1.29, 1.82) is 0 Å². The first-order valence-corrected chi connectivity index (χ1v) is 6.82. The van der Waals surface area contributed by atoms with E-state index in [0.29, 0.717) is 6.20 Å². The van der Waals surface area contributed by atoms with Crippen molar-refractivity contribution in [1.82, 2.24) is 25.3 Å². The molecule has 2 aromatic heterocycles. The van der Waals surface area contributed by atoms with E-state index in [0.717, 1.165) is 23.0 Å². The third-order valence-corrected chi connectivity index (χ3v) is 2.80. The topological polar surface area (TPSA) is 119 Å². The smallest absolute Gasteiger partial charge is 0.417 e. The Morgan fingerprint density at radius 1 is 1.32 bits per heavy atom. The number of pyridine rings is 1. The fourth-order valence-corrected chi connectivity index (χ4v) is 1.66. The van der Waals surface area contributed by atoms with Crippen LogP contribution in [0.2, 0.25) is 0 Å². The molecule has 2 heterocycles. The number of hydrogen-bond acceptors (Lipinski definition) is 6. The number of hydrogen-bond donors (Lipinski definition) is 2. The lowest BCUT2D eigenvalue weighted by molar-refractivity contribution is -0.137. The highest BCUT2D eigenvalue weighted by Gasteiger charge is 2.30. The molecule has 0 atom stereocenters. The number of carboxylic acids is 1. The van der Waals surface area contributed by atoms with Crippen molar-refractivity contribution in [2.24, 2.45) is 0 Å². The predicted molar refractivity (Wildman–Crippen MR) is 74.7 cm³/mol. The molecule has 0 aliphatic rings. The molecule has 0 saturated carbocycles. The van der Waals surface area contributed by atoms with E-state index in [4.69, 9.17) is 9.84 Å². The van der Waals surface area contributed by atoms with E-state index in [9.17, 15) is 22.8 Å². The molecule has 1 amide bonds. The molecule has 0 aromatic carbocycles. The second kappa shape index (κ2) is 7.59. The van der Waals surface area contributed by atoms with Crippen molar-refractivity contribution in [3.05, 3.63) is 35.8 Å². The molecule has 0 bridgehead atoms. The number of ether oxygens (including phenoxy) is 1. The van der Waals surface area contributed by atoms with Crippen molar-refractivity contribution >= 4 is 11.9 Å². The van der Waals surface area contributed by atoms with E-state index < -0.39 is 23.6 Å². The summed E-state index contributed by atoms with van der Waals surface area (Å²) in [5, 5.41) is 18.0. The van der Waals surface area contributed by atoms with Crippen LogP contribution in [0.3, 0.4) is 0 Å². The van der Waals surface area contributed by atoms with E-state index in [2.05, 4.69) is 20.6 Å². The summed E-state index contributed by atoms with van der Waals surface area (Å²) in [6, 6.07) is 1.92. The number of aromatic nitrogens is 4. The van der Waals surface area contributed by atoms with Gasteiger partial charge < -0.3 is 15.2 Å². The maximum Gasteiger partial charge on any atom is 0.417 e. The third kappa shape index (κ3) is 5.44. The van der Waals surface area contributed by atoms with Gasteiger partial charge in [-0.1, -0.05) is 5.21 Å². The quantitative estimate of drug-likeness (QED) is 0.694. The third-order valence-electron chi connectivity index (χ3n) is 2.80. The van der Waals surface area contributed by atoms with E-state index in [1.807, 2.05) is 0 Å². The highest BCUT2D eigenvalue weighted by atomic mass is 19.4. The first-order valence-electron chi connectivity index (χ1n) is 6.82. The first kappa shape index (κ1) is 18.2. The number of carboxylic acid groups (broad SMARTS) is 1. The molecule has 0 fully saturated rings. The summed E-state index contributed by atoms with van der Waals surface area (Å²) in [6.07, 6.45) is -2.72. The van der Waals surface area contributed by atoms with E-state index >= 15 is 0 Å². The Morgan fingerprint density at radius 2 is 2.08 bits per heavy atom. The molecule has 0 spiro atoms. The molecule has 9 nitrogen and oxygen atoms in total. The molecule has 134 valence electrons. The number of halogens is 3. The summed E-state index contributed by atoms with van der Waals surface area (Å²) in [6.45, 7) is -0.178. The largest absolute Gasteiger partial charge is 0.476 e. The van der Waals surface area contributed by atoms with Crippen LogP contribution in [0.5, 0.6) is 5.88 Å². The number of aromatic carboxylic acids is 1. The Bertz CT molecular complexity index is 745. The summed E-state index contributed by atoms with van der Waals surface area (Å²) in [5.41, 5.74) is -1.17. The van der Waals surface area contributed by atoms with Crippen molar-refractivity contribution in [3.63, 3.8) is 0 Å². The van der Waals surface area contributed by atoms with Crippen LogP contribution in [-0.4, -0.2) is 50.1 Å². The maximum absolute atomic E-state index is 12.4. The van der Waals surface area contributed by atoms with Gasteiger partial charge in [-0.2, -0.15) is 13.2 Å². The van der Waals surface area contributed by atoms with Crippen molar-refractivity contribution in [3.8, 4) is 5.88 Å². The summed E-state index contributed by atoms with van der Waals surface area (Å²) >= 11 is 0. The van der Waals surface area contributed by atoms with Gasteiger partial charge in [-0.05, 0) is 6.07 Å². The fourth-order valence-electron chi connectivity index (χ4n) is 1.66. The highest BCUT2D eigenvalue weighted by Crippen LogP contribution is 2.29. The zero-order valence-corrected chi connectivity index (χ0v) is 12.5. The number of carbonyl (C=O) groups excluding carboxylic acids is 1. The van der Waals surface area contributed by atoms with Gasteiger partial charge in [0.2, 0.25) is 11.8 Å². The van der Waals surface area contributed by atoms with Gasteiger partial charge in [-0.25, -0.2) is 14.5 Å². The summed E-state index contributed by atoms with van der Waals surface area (Å²) in [4.78, 5) is 25.8. The van der Waals surface area contributed by atoms with Gasteiger partial charge in [0.15, 0.2) is 5.69 Å². The molecule has 2 rings (SSSR count). The van der Waals surface area contributed by atoms with Crippen molar-refractivity contribution in [2.45, 2.75) is 12.7 Å². The molecule has 0 saturated heterocycles. The Hall–Kier alpha value is -3.18. The molecule has 0 unspecified atom stereocenters. The van der Waals surface area contributed by atoms with Crippen LogP contribution in [0.1, 0.15) is 16.1 Å². The van der Waals surface area contributed by atoms with Crippen LogP contribution in [0, 0.1) is 0 Å². The highest BCUT2D eigenvalue weighted by molar-refractivity contribution is 5.84. The minimum Gasteiger partial charge on any atom is -0.476 e. The number of nitrogens with one attached hydrogen (secondary N) is 1. The molecule has 2 N–H and O–H groups in total. The van der Waals surface area contributed by atoms with E-state index in [1.165, 1.54) is 0 Å². The Morgan fingerprint density at radius 3 is 2.64 bits per heavy atom. The lowest BCUT2D eigenvalue weighted by atomic mass is 10.3. The summed E-state index contributed by atoms with van der Waals surface area (Å²) in [7, 11) is 0. The lowest BCUT2D eigenvalue weighted by Crippen LogP contribution is -2.31. The average Bonchev–Trinajstić information content (AvgIpc) is 3.00. The number of amides is 1. The Balaban J connectivity index is 1.71. The zero-order chi connectivity index (χ0) is 18.4. The van der Waals surface area contributed by atoms with Crippen LogP contribution >= 0.6 is 0 Å². The van der Waals surface area contributed by atoms with E-state index in [1.54, 1.807) is 0 Å². The second-order valence-electron chi connectivity index (χ2n) is 4.69. The fraction of sp³-hybridized carbons (Fsp3) is 0.308. The Labute approximate surface area is 138 Å². The van der Waals surface area contributed by atoms with Gasteiger partial charge in [0, 0.05) is 12.3 Å².